The minimum Gasteiger partial charge on any atom is -0.352 e. The van der Waals surface area contributed by atoms with Crippen molar-refractivity contribution in [2.45, 2.75) is 39.4 Å². The van der Waals surface area contributed by atoms with E-state index in [-0.39, 0.29) is 24.0 Å². The van der Waals surface area contributed by atoms with Gasteiger partial charge in [0.25, 0.3) is 0 Å². The number of nitrogens with one attached hydrogen (secondary N) is 2. The molecular weight excluding hydrogens is 531 g/mol. The fraction of sp³-hybridized carbons (Fsp3) is 0.292. The molecule has 0 radical (unpaired) electrons. The number of fused-ring (bicyclic) bond motifs is 1. The average Bonchev–Trinajstić information content (AvgIpc) is 3.43. The van der Waals surface area contributed by atoms with Crippen molar-refractivity contribution < 1.29 is 0 Å². The number of halogens is 1. The molecule has 0 bridgehead atoms. The molecule has 2 N–H and O–H groups in total. The van der Waals surface area contributed by atoms with Crippen LogP contribution in [0.4, 0.5) is 0 Å². The van der Waals surface area contributed by atoms with Gasteiger partial charge in [-0.1, -0.05) is 50.2 Å². The summed E-state index contributed by atoms with van der Waals surface area (Å²) < 4.78 is 2.18. The number of nitrogens with zero attached hydrogens (tertiary/aromatic N) is 4. The zero-order valence-electron chi connectivity index (χ0n) is 18.6. The van der Waals surface area contributed by atoms with Crippen LogP contribution in [0, 0.1) is 0 Å². The van der Waals surface area contributed by atoms with Gasteiger partial charge in [-0.25, -0.2) is 9.97 Å². The highest BCUT2D eigenvalue weighted by Crippen LogP contribution is 2.17. The average molecular weight is 561 g/mol. The van der Waals surface area contributed by atoms with E-state index in [2.05, 4.69) is 79.7 Å². The quantitative estimate of drug-likeness (QED) is 0.187. The molecule has 0 aliphatic rings. The number of benzene rings is 2. The van der Waals surface area contributed by atoms with Gasteiger partial charge in [-0.15, -0.1) is 35.3 Å². The molecule has 32 heavy (non-hydrogen) atoms. The monoisotopic (exact) mass is 560 g/mol. The molecule has 0 atom stereocenters. The minimum atomic E-state index is 0. The number of hydrogen-bond donors (Lipinski definition) is 2. The highest BCUT2D eigenvalue weighted by atomic mass is 127. The van der Waals surface area contributed by atoms with Crippen LogP contribution in [0.25, 0.3) is 11.0 Å². The fourth-order valence-corrected chi connectivity index (χ4v) is 4.23. The lowest BCUT2D eigenvalue weighted by molar-refractivity contribution is 0.784. The molecule has 0 saturated heterocycles. The summed E-state index contributed by atoms with van der Waals surface area (Å²) in [5.74, 6) is 1.23. The van der Waals surface area contributed by atoms with Gasteiger partial charge in [0.15, 0.2) is 5.96 Å². The third-order valence-corrected chi connectivity index (χ3v) is 6.02. The van der Waals surface area contributed by atoms with E-state index in [1.165, 1.54) is 11.1 Å². The second-order valence-corrected chi connectivity index (χ2v) is 8.72. The number of rotatable bonds is 7. The van der Waals surface area contributed by atoms with Crippen molar-refractivity contribution >= 4 is 52.3 Å². The molecule has 0 spiro atoms. The Kier molecular flexibility index (Phi) is 8.63. The SMILES string of the molecule is CN=C(NCc1ccc(Cn2cnc3ccccc32)cc1)NCc1nc(C(C)C)cs1.I. The molecule has 8 heteroatoms. The second-order valence-electron chi connectivity index (χ2n) is 7.78. The van der Waals surface area contributed by atoms with Crippen LogP contribution in [-0.4, -0.2) is 27.5 Å². The molecule has 0 aliphatic carbocycles. The first kappa shape index (κ1) is 24.2. The van der Waals surface area contributed by atoms with Crippen molar-refractivity contribution in [3.05, 3.63) is 82.1 Å². The maximum atomic E-state index is 4.66. The van der Waals surface area contributed by atoms with Gasteiger partial charge in [-0.2, -0.15) is 0 Å². The van der Waals surface area contributed by atoms with Gasteiger partial charge in [0.2, 0.25) is 0 Å². The molecule has 168 valence electrons. The summed E-state index contributed by atoms with van der Waals surface area (Å²) in [5, 5.41) is 9.92. The van der Waals surface area contributed by atoms with Crippen molar-refractivity contribution in [2.24, 2.45) is 4.99 Å². The first-order valence-corrected chi connectivity index (χ1v) is 11.4. The fourth-order valence-electron chi connectivity index (χ4n) is 3.33. The first-order valence-electron chi connectivity index (χ1n) is 10.5. The van der Waals surface area contributed by atoms with Crippen molar-refractivity contribution in [3.8, 4) is 0 Å². The van der Waals surface area contributed by atoms with Gasteiger partial charge in [-0.05, 0) is 29.2 Å². The zero-order chi connectivity index (χ0) is 21.6. The van der Waals surface area contributed by atoms with Crippen LogP contribution in [-0.2, 0) is 19.6 Å². The van der Waals surface area contributed by atoms with E-state index < -0.39 is 0 Å². The summed E-state index contributed by atoms with van der Waals surface area (Å²) >= 11 is 1.69. The van der Waals surface area contributed by atoms with Crippen molar-refractivity contribution in [1.29, 1.82) is 0 Å². The summed E-state index contributed by atoms with van der Waals surface area (Å²) in [6.07, 6.45) is 1.91. The van der Waals surface area contributed by atoms with Crippen LogP contribution in [0.2, 0.25) is 0 Å². The standard InChI is InChI=1S/C24H28N6S.HI/c1-17(2)21-15-31-23(29-21)13-27-24(25-3)26-12-18-8-10-19(11-9-18)14-30-16-28-20-6-4-5-7-22(20)30;/h4-11,15-17H,12-14H2,1-3H3,(H2,25,26,27);1H. The molecule has 0 unspecified atom stereocenters. The van der Waals surface area contributed by atoms with Crippen LogP contribution in [0.1, 0.15) is 41.6 Å². The molecule has 2 aromatic heterocycles. The van der Waals surface area contributed by atoms with E-state index in [0.29, 0.717) is 19.0 Å². The zero-order valence-corrected chi connectivity index (χ0v) is 21.7. The predicted molar refractivity (Wildman–Crippen MR) is 144 cm³/mol. The summed E-state index contributed by atoms with van der Waals surface area (Å²) in [6, 6.07) is 16.9. The van der Waals surface area contributed by atoms with Gasteiger partial charge < -0.3 is 15.2 Å². The maximum Gasteiger partial charge on any atom is 0.191 e. The van der Waals surface area contributed by atoms with Gasteiger partial charge in [-0.3, -0.25) is 4.99 Å². The highest BCUT2D eigenvalue weighted by Gasteiger charge is 2.07. The van der Waals surface area contributed by atoms with Crippen LogP contribution in [0.5, 0.6) is 0 Å². The van der Waals surface area contributed by atoms with E-state index >= 15 is 0 Å². The molecule has 4 rings (SSSR count). The summed E-state index contributed by atoms with van der Waals surface area (Å²) in [7, 11) is 1.79. The topological polar surface area (TPSA) is 67.1 Å². The number of para-hydroxylation sites is 2. The third kappa shape index (κ3) is 6.07. The molecule has 0 amide bonds. The molecular formula is C24H29IN6S. The molecule has 0 fully saturated rings. The summed E-state index contributed by atoms with van der Waals surface area (Å²) in [6.45, 7) is 6.52. The van der Waals surface area contributed by atoms with Crippen molar-refractivity contribution in [2.75, 3.05) is 7.05 Å². The first-order chi connectivity index (χ1) is 15.1. The summed E-state index contributed by atoms with van der Waals surface area (Å²) in [4.78, 5) is 13.4. The van der Waals surface area contributed by atoms with Crippen LogP contribution in [0.15, 0.2) is 65.2 Å². The second kappa shape index (κ2) is 11.4. The number of aromatic nitrogens is 3. The molecule has 0 saturated carbocycles. The number of imidazole rings is 1. The van der Waals surface area contributed by atoms with Crippen LogP contribution >= 0.6 is 35.3 Å². The number of guanidine groups is 1. The lowest BCUT2D eigenvalue weighted by atomic mass is 10.1. The van der Waals surface area contributed by atoms with E-state index in [1.54, 1.807) is 18.4 Å². The number of hydrogen-bond acceptors (Lipinski definition) is 4. The van der Waals surface area contributed by atoms with Gasteiger partial charge in [0.1, 0.15) is 5.01 Å². The van der Waals surface area contributed by atoms with E-state index in [1.807, 2.05) is 24.5 Å². The van der Waals surface area contributed by atoms with Crippen LogP contribution in [0.3, 0.4) is 0 Å². The maximum absolute atomic E-state index is 4.66. The highest BCUT2D eigenvalue weighted by molar-refractivity contribution is 14.0. The Labute approximate surface area is 210 Å². The molecule has 2 heterocycles. The third-order valence-electron chi connectivity index (χ3n) is 5.15. The molecule has 4 aromatic rings. The van der Waals surface area contributed by atoms with Gasteiger partial charge in [0, 0.05) is 25.5 Å². The number of thiazole rings is 1. The predicted octanol–water partition coefficient (Wildman–Crippen LogP) is 5.15. The largest absolute Gasteiger partial charge is 0.352 e. The Morgan fingerprint density at radius 2 is 1.75 bits per heavy atom. The van der Waals surface area contributed by atoms with E-state index in [9.17, 15) is 0 Å². The Morgan fingerprint density at radius 3 is 2.47 bits per heavy atom. The Balaban J connectivity index is 0.00000289. The van der Waals surface area contributed by atoms with Crippen molar-refractivity contribution in [3.63, 3.8) is 0 Å². The Bertz CT molecular complexity index is 1160. The van der Waals surface area contributed by atoms with Gasteiger partial charge in [0.05, 0.1) is 29.6 Å². The summed E-state index contributed by atoms with van der Waals surface area (Å²) in [5.41, 5.74) is 5.79. The number of aliphatic imine (C=N–C) groups is 1. The molecule has 0 aliphatic heterocycles. The lowest BCUT2D eigenvalue weighted by Crippen LogP contribution is -2.36. The van der Waals surface area contributed by atoms with Crippen LogP contribution < -0.4 is 10.6 Å². The Morgan fingerprint density at radius 1 is 1.03 bits per heavy atom. The molecule has 2 aromatic carbocycles. The lowest BCUT2D eigenvalue weighted by Gasteiger charge is -2.11. The smallest absolute Gasteiger partial charge is 0.191 e. The van der Waals surface area contributed by atoms with Gasteiger partial charge >= 0.3 is 0 Å². The van der Waals surface area contributed by atoms with Crippen molar-refractivity contribution in [1.82, 2.24) is 25.2 Å². The normalized spacial score (nSPS) is 11.6. The molecule has 6 nitrogen and oxygen atoms in total. The van der Waals surface area contributed by atoms with E-state index in [4.69, 9.17) is 0 Å². The Hall–Kier alpha value is -2.46. The minimum absolute atomic E-state index is 0. The van der Waals surface area contributed by atoms with E-state index in [0.717, 1.165) is 34.2 Å².